The Hall–Kier alpha value is -1.22. The zero-order valence-corrected chi connectivity index (χ0v) is 12.8. The first kappa shape index (κ1) is 14.2. The minimum atomic E-state index is 0. The van der Waals surface area contributed by atoms with Gasteiger partial charge in [-0.25, -0.2) is 4.98 Å². The van der Waals surface area contributed by atoms with E-state index in [9.17, 15) is 0 Å². The van der Waals surface area contributed by atoms with Gasteiger partial charge in [0.05, 0.1) is 5.52 Å². The number of hydrogen-bond acceptors (Lipinski definition) is 2. The van der Waals surface area contributed by atoms with E-state index in [1.165, 1.54) is 47.2 Å². The molecule has 0 aromatic carbocycles. The minimum Gasteiger partial charge on any atom is -0.355 e. The lowest BCUT2D eigenvalue weighted by molar-refractivity contribution is 0.574. The summed E-state index contributed by atoms with van der Waals surface area (Å²) in [6.45, 7) is 6.69. The topological polar surface area (TPSA) is 21.1 Å². The Bertz CT molecular complexity index is 583. The predicted octanol–water partition coefficient (Wildman–Crippen LogP) is 3.60. The highest BCUT2D eigenvalue weighted by atomic mass is 35.5. The molecule has 1 aliphatic heterocycles. The van der Waals surface area contributed by atoms with Crippen molar-refractivity contribution in [3.05, 3.63) is 23.5 Å². The van der Waals surface area contributed by atoms with Gasteiger partial charge in [-0.15, -0.1) is 12.4 Å². The van der Waals surface area contributed by atoms with Gasteiger partial charge in [0.1, 0.15) is 0 Å². The lowest BCUT2D eigenvalue weighted by atomic mass is 10.1. The molecule has 1 aliphatic rings. The minimum absolute atomic E-state index is 0. The summed E-state index contributed by atoms with van der Waals surface area (Å²) in [7, 11) is 2.15. The molecule has 0 aliphatic carbocycles. The predicted molar refractivity (Wildman–Crippen MR) is 83.5 cm³/mol. The van der Waals surface area contributed by atoms with Gasteiger partial charge in [-0.1, -0.05) is 0 Å². The van der Waals surface area contributed by atoms with Crippen LogP contribution in [0.15, 0.2) is 12.3 Å². The maximum atomic E-state index is 4.65. The molecular formula is C15H22ClN3. The molecule has 0 N–H and O–H groups in total. The molecule has 2 aromatic rings. The average molecular weight is 280 g/mol. The number of aryl methyl sites for hydroxylation is 2. The maximum absolute atomic E-state index is 4.65. The van der Waals surface area contributed by atoms with Crippen LogP contribution in [0, 0.1) is 13.8 Å². The Kier molecular flexibility index (Phi) is 4.04. The molecule has 0 radical (unpaired) electrons. The second kappa shape index (κ2) is 5.41. The molecule has 104 valence electrons. The normalized spacial score (nSPS) is 15.6. The van der Waals surface area contributed by atoms with Crippen LogP contribution < -0.4 is 4.90 Å². The quantitative estimate of drug-likeness (QED) is 0.795. The van der Waals surface area contributed by atoms with E-state index in [1.807, 2.05) is 6.20 Å². The second-order valence-electron chi connectivity index (χ2n) is 5.35. The highest BCUT2D eigenvalue weighted by molar-refractivity contribution is 5.93. The Labute approximate surface area is 121 Å². The number of hydrogen-bond donors (Lipinski definition) is 0. The summed E-state index contributed by atoms with van der Waals surface area (Å²) in [6.07, 6.45) is 5.90. The SMILES string of the molecule is Cc1c(C)n(C)c2c(N3CCCCC3)nccc12.Cl. The lowest BCUT2D eigenvalue weighted by Crippen LogP contribution is -2.30. The zero-order chi connectivity index (χ0) is 12.7. The average Bonchev–Trinajstić information content (AvgIpc) is 2.65. The van der Waals surface area contributed by atoms with E-state index in [0.717, 1.165) is 13.1 Å². The fraction of sp³-hybridized carbons (Fsp3) is 0.533. The van der Waals surface area contributed by atoms with Crippen molar-refractivity contribution in [2.45, 2.75) is 33.1 Å². The molecular weight excluding hydrogens is 258 g/mol. The number of anilines is 1. The van der Waals surface area contributed by atoms with Crippen LogP contribution >= 0.6 is 12.4 Å². The number of pyridine rings is 1. The molecule has 0 bridgehead atoms. The molecule has 2 aromatic heterocycles. The zero-order valence-electron chi connectivity index (χ0n) is 11.9. The smallest absolute Gasteiger partial charge is 0.153 e. The Morgan fingerprint density at radius 1 is 1.11 bits per heavy atom. The van der Waals surface area contributed by atoms with Crippen LogP contribution in [-0.2, 0) is 7.05 Å². The molecule has 19 heavy (non-hydrogen) atoms. The molecule has 1 saturated heterocycles. The standard InChI is InChI=1S/C15H21N3.ClH/c1-11-12(2)17(3)14-13(11)7-8-16-15(14)18-9-5-4-6-10-18;/h7-8H,4-6,9-10H2,1-3H3;1H. The third kappa shape index (κ3) is 2.20. The van der Waals surface area contributed by atoms with Gasteiger partial charge in [-0.05, 0) is 44.7 Å². The first-order valence-electron chi connectivity index (χ1n) is 6.85. The fourth-order valence-corrected chi connectivity index (χ4v) is 3.03. The molecule has 0 amide bonds. The fourth-order valence-electron chi connectivity index (χ4n) is 3.03. The number of halogens is 1. The van der Waals surface area contributed by atoms with Crippen molar-refractivity contribution >= 4 is 29.1 Å². The Balaban J connectivity index is 0.00000133. The molecule has 0 unspecified atom stereocenters. The van der Waals surface area contributed by atoms with Crippen LogP contribution in [-0.4, -0.2) is 22.6 Å². The molecule has 4 heteroatoms. The summed E-state index contributed by atoms with van der Waals surface area (Å²) < 4.78 is 2.29. The van der Waals surface area contributed by atoms with Crippen molar-refractivity contribution in [3.63, 3.8) is 0 Å². The number of fused-ring (bicyclic) bond motifs is 1. The van der Waals surface area contributed by atoms with Crippen LogP contribution in [0.4, 0.5) is 5.82 Å². The van der Waals surface area contributed by atoms with Crippen LogP contribution in [0.2, 0.25) is 0 Å². The molecule has 0 saturated carbocycles. The van der Waals surface area contributed by atoms with Crippen LogP contribution in [0.25, 0.3) is 10.9 Å². The summed E-state index contributed by atoms with van der Waals surface area (Å²) in [4.78, 5) is 7.10. The molecule has 3 nitrogen and oxygen atoms in total. The summed E-state index contributed by atoms with van der Waals surface area (Å²) in [5.74, 6) is 1.17. The molecule has 1 fully saturated rings. The van der Waals surface area contributed by atoms with E-state index >= 15 is 0 Å². The second-order valence-corrected chi connectivity index (χ2v) is 5.35. The Morgan fingerprint density at radius 2 is 1.79 bits per heavy atom. The van der Waals surface area contributed by atoms with Crippen LogP contribution in [0.3, 0.4) is 0 Å². The third-order valence-corrected chi connectivity index (χ3v) is 4.35. The van der Waals surface area contributed by atoms with Crippen molar-refractivity contribution in [1.29, 1.82) is 0 Å². The van der Waals surface area contributed by atoms with Crippen molar-refractivity contribution in [3.8, 4) is 0 Å². The van der Waals surface area contributed by atoms with Gasteiger partial charge in [0, 0.05) is 37.4 Å². The largest absolute Gasteiger partial charge is 0.355 e. The van der Waals surface area contributed by atoms with E-state index < -0.39 is 0 Å². The number of piperidine rings is 1. The highest BCUT2D eigenvalue weighted by Crippen LogP contribution is 2.31. The Morgan fingerprint density at radius 3 is 2.47 bits per heavy atom. The van der Waals surface area contributed by atoms with Gasteiger partial charge in [0.25, 0.3) is 0 Å². The highest BCUT2D eigenvalue weighted by Gasteiger charge is 2.18. The van der Waals surface area contributed by atoms with Crippen molar-refractivity contribution < 1.29 is 0 Å². The van der Waals surface area contributed by atoms with Crippen LogP contribution in [0.5, 0.6) is 0 Å². The van der Waals surface area contributed by atoms with E-state index in [1.54, 1.807) is 0 Å². The van der Waals surface area contributed by atoms with Crippen molar-refractivity contribution in [2.75, 3.05) is 18.0 Å². The van der Waals surface area contributed by atoms with Gasteiger partial charge in [-0.2, -0.15) is 0 Å². The molecule has 3 heterocycles. The summed E-state index contributed by atoms with van der Waals surface area (Å²) in [5.41, 5.74) is 4.03. The number of aromatic nitrogens is 2. The van der Waals surface area contributed by atoms with E-state index in [4.69, 9.17) is 0 Å². The first-order valence-corrected chi connectivity index (χ1v) is 6.85. The molecule has 3 rings (SSSR count). The van der Waals surface area contributed by atoms with E-state index in [2.05, 4.69) is 41.4 Å². The first-order chi connectivity index (χ1) is 8.70. The summed E-state index contributed by atoms with van der Waals surface area (Å²) in [6, 6.07) is 2.14. The van der Waals surface area contributed by atoms with Crippen LogP contribution in [0.1, 0.15) is 30.5 Å². The monoisotopic (exact) mass is 279 g/mol. The van der Waals surface area contributed by atoms with Gasteiger partial charge in [0.15, 0.2) is 5.82 Å². The number of rotatable bonds is 1. The van der Waals surface area contributed by atoms with Crippen molar-refractivity contribution in [1.82, 2.24) is 9.55 Å². The molecule has 0 atom stereocenters. The van der Waals surface area contributed by atoms with Crippen molar-refractivity contribution in [2.24, 2.45) is 7.05 Å². The lowest BCUT2D eigenvalue weighted by Gasteiger charge is -2.28. The maximum Gasteiger partial charge on any atom is 0.153 e. The van der Waals surface area contributed by atoms with Gasteiger partial charge >= 0.3 is 0 Å². The summed E-state index contributed by atoms with van der Waals surface area (Å²) >= 11 is 0. The number of nitrogens with zero attached hydrogens (tertiary/aromatic N) is 3. The van der Waals surface area contributed by atoms with E-state index in [-0.39, 0.29) is 12.4 Å². The third-order valence-electron chi connectivity index (χ3n) is 4.35. The molecule has 0 spiro atoms. The van der Waals surface area contributed by atoms with Gasteiger partial charge in [0.2, 0.25) is 0 Å². The van der Waals surface area contributed by atoms with Gasteiger partial charge in [-0.3, -0.25) is 0 Å². The van der Waals surface area contributed by atoms with E-state index in [0.29, 0.717) is 0 Å². The van der Waals surface area contributed by atoms with Gasteiger partial charge < -0.3 is 9.47 Å². The summed E-state index contributed by atoms with van der Waals surface area (Å²) in [5, 5.41) is 1.35.